The number of benzene rings is 1. The first kappa shape index (κ1) is 19.1. The Morgan fingerprint density at radius 3 is 2.52 bits per heavy atom. The zero-order chi connectivity index (χ0) is 18.4. The van der Waals surface area contributed by atoms with Crippen molar-refractivity contribution >= 4 is 11.6 Å². The van der Waals surface area contributed by atoms with Crippen LogP contribution in [-0.4, -0.2) is 16.4 Å². The predicted molar refractivity (Wildman–Crippen MR) is 101 cm³/mol. The maximum atomic E-state index is 12.2. The predicted octanol–water partition coefficient (Wildman–Crippen LogP) is 4.03. The summed E-state index contributed by atoms with van der Waals surface area (Å²) in [6.45, 7) is 8.14. The van der Waals surface area contributed by atoms with Gasteiger partial charge in [0.25, 0.3) is 5.56 Å². The summed E-state index contributed by atoms with van der Waals surface area (Å²) in [5, 5.41) is 4.18. The molecule has 0 spiro atoms. The van der Waals surface area contributed by atoms with E-state index >= 15 is 0 Å². The summed E-state index contributed by atoms with van der Waals surface area (Å²) in [5.41, 5.74) is 1.48. The number of rotatable bonds is 4. The molecule has 0 aliphatic rings. The molecule has 0 aliphatic carbocycles. The molecule has 4 nitrogen and oxygen atoms in total. The molecule has 0 saturated carbocycles. The van der Waals surface area contributed by atoms with E-state index in [2.05, 4.69) is 36.0 Å². The second-order valence-electron chi connectivity index (χ2n) is 6.66. The van der Waals surface area contributed by atoms with Gasteiger partial charge in [-0.25, -0.2) is 4.68 Å². The van der Waals surface area contributed by atoms with Crippen LogP contribution < -0.4 is 10.3 Å². The number of hydrogen-bond donors (Lipinski definition) is 0. The molecule has 25 heavy (non-hydrogen) atoms. The lowest BCUT2D eigenvalue weighted by Gasteiger charge is -2.21. The van der Waals surface area contributed by atoms with E-state index in [1.54, 1.807) is 0 Å². The van der Waals surface area contributed by atoms with Crippen LogP contribution in [0, 0.1) is 11.8 Å². The zero-order valence-corrected chi connectivity index (χ0v) is 15.9. The highest BCUT2D eigenvalue weighted by Gasteiger charge is 2.19. The molecule has 5 heteroatoms. The molecule has 0 radical (unpaired) electrons. The van der Waals surface area contributed by atoms with Gasteiger partial charge in [0.05, 0.1) is 18.3 Å². The molecule has 1 aromatic heterocycles. The van der Waals surface area contributed by atoms with E-state index in [-0.39, 0.29) is 10.6 Å². The maximum absolute atomic E-state index is 12.2. The quantitative estimate of drug-likeness (QED) is 0.612. The van der Waals surface area contributed by atoms with Crippen molar-refractivity contribution in [3.8, 4) is 17.6 Å². The molecule has 0 bridgehead atoms. The topological polar surface area (TPSA) is 44.1 Å². The normalized spacial score (nSPS) is 10.9. The van der Waals surface area contributed by atoms with Crippen molar-refractivity contribution < 1.29 is 4.74 Å². The second kappa shape index (κ2) is 8.22. The molecule has 2 aromatic rings. The van der Waals surface area contributed by atoms with E-state index in [1.165, 1.54) is 16.4 Å². The number of aromatic nitrogens is 2. The minimum Gasteiger partial charge on any atom is -0.489 e. The molecule has 132 valence electrons. The van der Waals surface area contributed by atoms with Gasteiger partial charge in [-0.15, -0.1) is 0 Å². The Morgan fingerprint density at radius 2 is 1.92 bits per heavy atom. The van der Waals surface area contributed by atoms with Gasteiger partial charge in [-0.05, 0) is 44.9 Å². The van der Waals surface area contributed by atoms with E-state index in [1.807, 2.05) is 32.9 Å². The van der Waals surface area contributed by atoms with E-state index in [9.17, 15) is 4.79 Å². The number of hydrogen-bond acceptors (Lipinski definition) is 3. The fourth-order valence-corrected chi connectivity index (χ4v) is 2.38. The zero-order valence-electron chi connectivity index (χ0n) is 15.1. The molecule has 1 aromatic carbocycles. The Bertz CT molecular complexity index is 837. The summed E-state index contributed by atoms with van der Waals surface area (Å²) in [7, 11) is 0. The van der Waals surface area contributed by atoms with Crippen LogP contribution in [0.5, 0.6) is 5.75 Å². The first-order valence-corrected chi connectivity index (χ1v) is 8.69. The van der Waals surface area contributed by atoms with Gasteiger partial charge < -0.3 is 4.74 Å². The van der Waals surface area contributed by atoms with Gasteiger partial charge >= 0.3 is 0 Å². The maximum Gasteiger partial charge on any atom is 0.289 e. The Balaban J connectivity index is 1.95. The van der Waals surface area contributed by atoms with E-state index < -0.39 is 5.54 Å². The molecule has 0 fully saturated rings. The molecular weight excluding hydrogens is 336 g/mol. The van der Waals surface area contributed by atoms with Crippen LogP contribution in [-0.2, 0) is 12.0 Å². The Morgan fingerprint density at radius 1 is 1.24 bits per heavy atom. The summed E-state index contributed by atoms with van der Waals surface area (Å²) >= 11 is 6.11. The van der Waals surface area contributed by atoms with Gasteiger partial charge in [-0.3, -0.25) is 4.79 Å². The Kier molecular flexibility index (Phi) is 6.27. The average molecular weight is 359 g/mol. The van der Waals surface area contributed by atoms with Crippen molar-refractivity contribution in [1.82, 2.24) is 9.78 Å². The van der Waals surface area contributed by atoms with Gasteiger partial charge in [0.15, 0.2) is 10.8 Å². The minimum atomic E-state index is -0.432. The van der Waals surface area contributed by atoms with Crippen LogP contribution in [0.3, 0.4) is 0 Å². The molecule has 0 amide bonds. The van der Waals surface area contributed by atoms with Crippen LogP contribution in [0.15, 0.2) is 35.3 Å². The van der Waals surface area contributed by atoms with E-state index in [0.29, 0.717) is 18.8 Å². The van der Waals surface area contributed by atoms with E-state index in [4.69, 9.17) is 16.3 Å². The van der Waals surface area contributed by atoms with Crippen molar-refractivity contribution in [2.24, 2.45) is 0 Å². The van der Waals surface area contributed by atoms with Crippen molar-refractivity contribution in [3.05, 3.63) is 57.0 Å². The monoisotopic (exact) mass is 358 g/mol. The van der Waals surface area contributed by atoms with Crippen LogP contribution in [0.1, 0.15) is 45.2 Å². The van der Waals surface area contributed by atoms with Crippen LogP contribution in [0.2, 0.25) is 5.02 Å². The van der Waals surface area contributed by atoms with Gasteiger partial charge in [0.2, 0.25) is 0 Å². The highest BCUT2D eigenvalue weighted by atomic mass is 35.5. The summed E-state index contributed by atoms with van der Waals surface area (Å²) < 4.78 is 6.90. The largest absolute Gasteiger partial charge is 0.489 e. The van der Waals surface area contributed by atoms with Crippen molar-refractivity contribution in [1.29, 1.82) is 0 Å². The smallest absolute Gasteiger partial charge is 0.289 e. The standard InChI is InChI=1S/C20H23ClN2O2/c1-5-15-9-11-16(12-10-15)8-6-7-13-25-17-14-22-23(20(2,3)4)19(24)18(17)21/h9-12,14H,5,7,13H2,1-4H3. The highest BCUT2D eigenvalue weighted by molar-refractivity contribution is 6.31. The number of nitrogens with zero attached hydrogens (tertiary/aromatic N) is 2. The number of halogens is 1. The van der Waals surface area contributed by atoms with Crippen molar-refractivity contribution in [2.45, 2.75) is 46.1 Å². The highest BCUT2D eigenvalue weighted by Crippen LogP contribution is 2.20. The molecule has 0 atom stereocenters. The lowest BCUT2D eigenvalue weighted by molar-refractivity contribution is 0.306. The molecule has 1 heterocycles. The molecular formula is C20H23ClN2O2. The minimum absolute atomic E-state index is 0.0491. The Labute approximate surface area is 153 Å². The number of aryl methyl sites for hydroxylation is 1. The fourth-order valence-electron chi connectivity index (χ4n) is 2.20. The van der Waals surface area contributed by atoms with E-state index in [0.717, 1.165) is 12.0 Å². The van der Waals surface area contributed by atoms with Gasteiger partial charge in [-0.1, -0.05) is 42.5 Å². The molecule has 0 aliphatic heterocycles. The third-order valence-corrected chi connectivity index (χ3v) is 3.95. The van der Waals surface area contributed by atoms with Crippen LogP contribution in [0.4, 0.5) is 0 Å². The Hall–Kier alpha value is -2.25. The third-order valence-electron chi connectivity index (χ3n) is 3.60. The first-order valence-electron chi connectivity index (χ1n) is 8.32. The van der Waals surface area contributed by atoms with Crippen LogP contribution >= 0.6 is 11.6 Å². The molecule has 0 N–H and O–H groups in total. The second-order valence-corrected chi connectivity index (χ2v) is 7.04. The molecule has 0 unspecified atom stereocenters. The molecule has 0 saturated heterocycles. The fraction of sp³-hybridized carbons (Fsp3) is 0.400. The lowest BCUT2D eigenvalue weighted by Crippen LogP contribution is -2.36. The lowest BCUT2D eigenvalue weighted by atomic mass is 10.1. The summed E-state index contributed by atoms with van der Waals surface area (Å²) in [4.78, 5) is 12.2. The summed E-state index contributed by atoms with van der Waals surface area (Å²) in [5.74, 6) is 6.44. The summed E-state index contributed by atoms with van der Waals surface area (Å²) in [6, 6.07) is 8.19. The van der Waals surface area contributed by atoms with Gasteiger partial charge in [0.1, 0.15) is 0 Å². The van der Waals surface area contributed by atoms with Crippen molar-refractivity contribution in [2.75, 3.05) is 6.61 Å². The van der Waals surface area contributed by atoms with Crippen molar-refractivity contribution in [3.63, 3.8) is 0 Å². The number of ether oxygens (including phenoxy) is 1. The average Bonchev–Trinajstić information content (AvgIpc) is 2.57. The van der Waals surface area contributed by atoms with Crippen LogP contribution in [0.25, 0.3) is 0 Å². The molecule has 2 rings (SSSR count). The van der Waals surface area contributed by atoms with Gasteiger partial charge in [0, 0.05) is 12.0 Å². The SMILES string of the molecule is CCc1ccc(C#CCCOc2cnn(C(C)(C)C)c(=O)c2Cl)cc1. The summed E-state index contributed by atoms with van der Waals surface area (Å²) in [6.07, 6.45) is 3.03. The van der Waals surface area contributed by atoms with Gasteiger partial charge in [-0.2, -0.15) is 5.10 Å². The third kappa shape index (κ3) is 5.11. The first-order chi connectivity index (χ1) is 11.8.